The minimum Gasteiger partial charge on any atom is -0.508 e. The third kappa shape index (κ3) is 2.01. The smallest absolute Gasteiger partial charge is 0.255 e. The van der Waals surface area contributed by atoms with Gasteiger partial charge in [0.05, 0.1) is 5.56 Å². The van der Waals surface area contributed by atoms with E-state index >= 15 is 0 Å². The minimum absolute atomic E-state index is 0.139. The highest BCUT2D eigenvalue weighted by atomic mass is 16.3. The lowest BCUT2D eigenvalue weighted by atomic mass is 10.0. The van der Waals surface area contributed by atoms with Gasteiger partial charge in [0.15, 0.2) is 0 Å². The van der Waals surface area contributed by atoms with Crippen LogP contribution in [0.4, 0.5) is 5.69 Å². The van der Waals surface area contributed by atoms with Gasteiger partial charge in [-0.1, -0.05) is 23.8 Å². The number of phenols is 1. The maximum Gasteiger partial charge on any atom is 0.255 e. The number of aromatic hydroxyl groups is 1. The van der Waals surface area contributed by atoms with E-state index in [0.29, 0.717) is 11.1 Å². The van der Waals surface area contributed by atoms with Crippen molar-refractivity contribution in [1.82, 2.24) is 5.32 Å². The van der Waals surface area contributed by atoms with E-state index in [1.54, 1.807) is 12.1 Å². The van der Waals surface area contributed by atoms with Crippen LogP contribution in [0.15, 0.2) is 42.5 Å². The molecule has 0 fully saturated rings. The van der Waals surface area contributed by atoms with Crippen molar-refractivity contribution in [2.45, 2.75) is 13.1 Å². The molecule has 0 saturated heterocycles. The summed E-state index contributed by atoms with van der Waals surface area (Å²) >= 11 is 0. The number of hydrogen-bond acceptors (Lipinski definition) is 3. The van der Waals surface area contributed by atoms with Gasteiger partial charge >= 0.3 is 0 Å². The molecule has 96 valence electrons. The van der Waals surface area contributed by atoms with Gasteiger partial charge in [-0.3, -0.25) is 4.79 Å². The summed E-state index contributed by atoms with van der Waals surface area (Å²) in [7, 11) is 0. The molecule has 3 N–H and O–H groups in total. The van der Waals surface area contributed by atoms with Gasteiger partial charge < -0.3 is 15.7 Å². The summed E-state index contributed by atoms with van der Waals surface area (Å²) in [6, 6.07) is 12.7. The topological polar surface area (TPSA) is 61.4 Å². The second-order valence-corrected chi connectivity index (χ2v) is 4.66. The third-order valence-electron chi connectivity index (χ3n) is 3.24. The molecule has 0 radical (unpaired) electrons. The summed E-state index contributed by atoms with van der Waals surface area (Å²) in [6.07, 6.45) is -0.415. The van der Waals surface area contributed by atoms with Crippen LogP contribution >= 0.6 is 0 Å². The first-order valence-electron chi connectivity index (χ1n) is 6.11. The van der Waals surface area contributed by atoms with Gasteiger partial charge in [-0.05, 0) is 31.2 Å². The SMILES string of the molecule is Cc1ccc(O)c(C2NC(=O)c3ccccc3N2)c1. The molecule has 2 aromatic carbocycles. The van der Waals surface area contributed by atoms with Crippen molar-refractivity contribution < 1.29 is 9.90 Å². The fourth-order valence-electron chi connectivity index (χ4n) is 2.27. The van der Waals surface area contributed by atoms with Gasteiger partial charge in [0.1, 0.15) is 11.9 Å². The normalized spacial score (nSPS) is 17.3. The van der Waals surface area contributed by atoms with Gasteiger partial charge in [-0.15, -0.1) is 0 Å². The Morgan fingerprint density at radius 1 is 1.11 bits per heavy atom. The lowest BCUT2D eigenvalue weighted by Crippen LogP contribution is -2.38. The summed E-state index contributed by atoms with van der Waals surface area (Å²) in [6.45, 7) is 1.95. The second-order valence-electron chi connectivity index (χ2n) is 4.66. The number of amides is 1. The van der Waals surface area contributed by atoms with Gasteiger partial charge in [0.2, 0.25) is 0 Å². The average Bonchev–Trinajstić information content (AvgIpc) is 2.41. The molecule has 0 aromatic heterocycles. The highest BCUT2D eigenvalue weighted by Crippen LogP contribution is 2.31. The molecule has 1 heterocycles. The molecule has 0 bridgehead atoms. The molecule has 1 aliphatic rings. The van der Waals surface area contributed by atoms with Crippen molar-refractivity contribution in [3.8, 4) is 5.75 Å². The van der Waals surface area contributed by atoms with Crippen LogP contribution in [-0.4, -0.2) is 11.0 Å². The number of aryl methyl sites for hydroxylation is 1. The molecular weight excluding hydrogens is 240 g/mol. The quantitative estimate of drug-likeness (QED) is 0.733. The maximum atomic E-state index is 12.0. The first kappa shape index (κ1) is 11.6. The average molecular weight is 254 g/mol. The van der Waals surface area contributed by atoms with Crippen LogP contribution < -0.4 is 10.6 Å². The number of carbonyl (C=O) groups is 1. The number of rotatable bonds is 1. The minimum atomic E-state index is -0.415. The molecule has 1 atom stereocenters. The van der Waals surface area contributed by atoms with E-state index < -0.39 is 6.17 Å². The third-order valence-corrected chi connectivity index (χ3v) is 3.24. The van der Waals surface area contributed by atoms with Crippen LogP contribution in [0.3, 0.4) is 0 Å². The molecule has 19 heavy (non-hydrogen) atoms. The Labute approximate surface area is 111 Å². The molecule has 1 amide bonds. The number of carbonyl (C=O) groups excluding carboxylic acids is 1. The van der Waals surface area contributed by atoms with E-state index in [0.717, 1.165) is 11.3 Å². The molecule has 4 nitrogen and oxygen atoms in total. The lowest BCUT2D eigenvalue weighted by Gasteiger charge is -2.28. The van der Waals surface area contributed by atoms with E-state index in [1.165, 1.54) is 0 Å². The van der Waals surface area contributed by atoms with Gasteiger partial charge in [-0.25, -0.2) is 0 Å². The van der Waals surface area contributed by atoms with Crippen LogP contribution in [0.2, 0.25) is 0 Å². The predicted octanol–water partition coefficient (Wildman–Crippen LogP) is 2.55. The number of phenolic OH excluding ortho intramolecular Hbond substituents is 1. The summed E-state index contributed by atoms with van der Waals surface area (Å²) in [5, 5.41) is 16.0. The second kappa shape index (κ2) is 4.31. The van der Waals surface area contributed by atoms with Crippen LogP contribution in [0.5, 0.6) is 5.75 Å². The van der Waals surface area contributed by atoms with Gasteiger partial charge in [0, 0.05) is 11.3 Å². The monoisotopic (exact) mass is 254 g/mol. The highest BCUT2D eigenvalue weighted by molar-refractivity contribution is 6.01. The Balaban J connectivity index is 2.01. The Bertz CT molecular complexity index is 652. The fourth-order valence-corrected chi connectivity index (χ4v) is 2.27. The zero-order valence-corrected chi connectivity index (χ0v) is 10.5. The molecule has 1 unspecified atom stereocenters. The summed E-state index contributed by atoms with van der Waals surface area (Å²) in [4.78, 5) is 12.0. The first-order valence-corrected chi connectivity index (χ1v) is 6.11. The molecule has 1 aliphatic heterocycles. The molecule has 2 aromatic rings. The summed E-state index contributed by atoms with van der Waals surface area (Å²) in [5.41, 5.74) is 3.09. The van der Waals surface area contributed by atoms with E-state index in [4.69, 9.17) is 0 Å². The van der Waals surface area contributed by atoms with E-state index in [9.17, 15) is 9.90 Å². The van der Waals surface area contributed by atoms with Crippen molar-refractivity contribution in [2.24, 2.45) is 0 Å². The van der Waals surface area contributed by atoms with Crippen LogP contribution in [0.1, 0.15) is 27.7 Å². The van der Waals surface area contributed by atoms with E-state index in [2.05, 4.69) is 10.6 Å². The molecule has 0 saturated carbocycles. The number of anilines is 1. The molecule has 0 spiro atoms. The van der Waals surface area contributed by atoms with Gasteiger partial charge in [-0.2, -0.15) is 0 Å². The standard InChI is InChI=1S/C15H14N2O2/c1-9-6-7-13(18)11(8-9)14-16-12-5-3-2-4-10(12)15(19)17-14/h2-8,14,16,18H,1H3,(H,17,19). The van der Waals surface area contributed by atoms with Crippen molar-refractivity contribution in [3.63, 3.8) is 0 Å². The Kier molecular flexibility index (Phi) is 2.63. The fraction of sp³-hybridized carbons (Fsp3) is 0.133. The number of para-hydroxylation sites is 1. The van der Waals surface area contributed by atoms with Crippen molar-refractivity contribution >= 4 is 11.6 Å². The van der Waals surface area contributed by atoms with E-state index in [-0.39, 0.29) is 11.7 Å². The van der Waals surface area contributed by atoms with Crippen LogP contribution in [0.25, 0.3) is 0 Å². The highest BCUT2D eigenvalue weighted by Gasteiger charge is 2.25. The first-order chi connectivity index (χ1) is 9.15. The van der Waals surface area contributed by atoms with Gasteiger partial charge in [0.25, 0.3) is 5.91 Å². The molecule has 4 heteroatoms. The zero-order chi connectivity index (χ0) is 13.4. The van der Waals surface area contributed by atoms with Crippen molar-refractivity contribution in [3.05, 3.63) is 59.2 Å². The van der Waals surface area contributed by atoms with Crippen LogP contribution in [-0.2, 0) is 0 Å². The molecule has 3 rings (SSSR count). The number of benzene rings is 2. The van der Waals surface area contributed by atoms with Crippen LogP contribution in [0, 0.1) is 6.92 Å². The summed E-state index contributed by atoms with van der Waals surface area (Å²) in [5.74, 6) is 0.0306. The number of hydrogen-bond donors (Lipinski definition) is 3. The predicted molar refractivity (Wildman–Crippen MR) is 73.1 cm³/mol. The zero-order valence-electron chi connectivity index (χ0n) is 10.5. The number of fused-ring (bicyclic) bond motifs is 1. The number of nitrogens with one attached hydrogen (secondary N) is 2. The maximum absolute atomic E-state index is 12.0. The largest absolute Gasteiger partial charge is 0.508 e. The Morgan fingerprint density at radius 3 is 2.74 bits per heavy atom. The summed E-state index contributed by atoms with van der Waals surface area (Å²) < 4.78 is 0. The molecular formula is C15H14N2O2. The van der Waals surface area contributed by atoms with Crippen molar-refractivity contribution in [1.29, 1.82) is 0 Å². The van der Waals surface area contributed by atoms with E-state index in [1.807, 2.05) is 37.3 Å². The molecule has 0 aliphatic carbocycles. The Hall–Kier alpha value is -2.49. The lowest BCUT2D eigenvalue weighted by molar-refractivity contribution is 0.0935. The van der Waals surface area contributed by atoms with Crippen molar-refractivity contribution in [2.75, 3.05) is 5.32 Å². The Morgan fingerprint density at radius 2 is 1.89 bits per heavy atom.